The number of aliphatic carboxylic acids is 1. The Morgan fingerprint density at radius 2 is 1.67 bits per heavy atom. The number of rotatable bonds is 12. The van der Waals surface area contributed by atoms with Gasteiger partial charge in [0.25, 0.3) is 0 Å². The van der Waals surface area contributed by atoms with Crippen LogP contribution in [0, 0.1) is 11.8 Å². The summed E-state index contributed by atoms with van der Waals surface area (Å²) in [7, 11) is 1.96. The maximum Gasteiger partial charge on any atom is 0.307 e. The predicted molar refractivity (Wildman–Crippen MR) is 89.8 cm³/mol. The van der Waals surface area contributed by atoms with Gasteiger partial charge in [-0.25, -0.2) is 0 Å². The number of nitrogens with zero attached hydrogens (tertiary/aromatic N) is 1. The Bertz CT molecular complexity index is 232. The van der Waals surface area contributed by atoms with E-state index in [4.69, 9.17) is 9.84 Å². The topological polar surface area (TPSA) is 49.8 Å². The fourth-order valence-corrected chi connectivity index (χ4v) is 1.93. The highest BCUT2D eigenvalue weighted by Gasteiger charge is 2.18. The van der Waals surface area contributed by atoms with Crippen LogP contribution in [0.5, 0.6) is 0 Å². The molecular formula is C17H37NO3. The minimum absolute atomic E-state index is 0.274. The molecule has 0 aromatic heterocycles. The number of carboxylic acids is 1. The van der Waals surface area contributed by atoms with Crippen LogP contribution in [0.3, 0.4) is 0 Å². The van der Waals surface area contributed by atoms with Crippen LogP contribution in [0.2, 0.25) is 0 Å². The maximum atomic E-state index is 11.1. The maximum absolute atomic E-state index is 11.1. The fourth-order valence-electron chi connectivity index (χ4n) is 1.93. The molecule has 0 spiro atoms. The molecule has 1 atom stereocenters. The lowest BCUT2D eigenvalue weighted by atomic mass is 10.0. The third-order valence-electron chi connectivity index (χ3n) is 3.33. The molecule has 0 aromatic carbocycles. The van der Waals surface area contributed by atoms with Gasteiger partial charge in [-0.1, -0.05) is 34.6 Å². The smallest absolute Gasteiger partial charge is 0.307 e. The molecule has 0 saturated heterocycles. The van der Waals surface area contributed by atoms with Crippen molar-refractivity contribution in [3.05, 3.63) is 0 Å². The Balaban J connectivity index is 0. The second-order valence-corrected chi connectivity index (χ2v) is 5.68. The quantitative estimate of drug-likeness (QED) is 0.556. The highest BCUT2D eigenvalue weighted by Crippen LogP contribution is 2.09. The average molecular weight is 303 g/mol. The van der Waals surface area contributed by atoms with Crippen molar-refractivity contribution in [1.82, 2.24) is 4.90 Å². The van der Waals surface area contributed by atoms with Crippen molar-refractivity contribution >= 4 is 5.97 Å². The van der Waals surface area contributed by atoms with Crippen LogP contribution in [0.25, 0.3) is 0 Å². The largest absolute Gasteiger partial charge is 0.481 e. The number of carboxylic acid groups (broad SMARTS) is 1. The first kappa shape index (κ1) is 22.7. The summed E-state index contributed by atoms with van der Waals surface area (Å²) in [5.74, 6) is -0.242. The van der Waals surface area contributed by atoms with Crippen molar-refractivity contribution in [3.8, 4) is 0 Å². The average Bonchev–Trinajstić information content (AvgIpc) is 2.46. The van der Waals surface area contributed by atoms with E-state index < -0.39 is 5.97 Å². The lowest BCUT2D eigenvalue weighted by molar-refractivity contribution is -0.142. The third-order valence-corrected chi connectivity index (χ3v) is 3.33. The third kappa shape index (κ3) is 15.6. The lowest BCUT2D eigenvalue weighted by Crippen LogP contribution is -2.30. The van der Waals surface area contributed by atoms with Crippen LogP contribution >= 0.6 is 0 Å². The zero-order valence-electron chi connectivity index (χ0n) is 15.0. The van der Waals surface area contributed by atoms with Gasteiger partial charge >= 0.3 is 5.97 Å². The molecule has 0 fully saturated rings. The predicted octanol–water partition coefficient (Wildman–Crippen LogP) is 3.90. The van der Waals surface area contributed by atoms with E-state index in [1.54, 1.807) is 0 Å². The fraction of sp³-hybridized carbons (Fsp3) is 0.941. The zero-order valence-corrected chi connectivity index (χ0v) is 15.0. The summed E-state index contributed by atoms with van der Waals surface area (Å²) in [6, 6.07) is 0. The SMILES string of the molecule is CC.CCN(C)CC(CCCOCCCC(C)C)C(=O)O. The molecule has 0 radical (unpaired) electrons. The van der Waals surface area contributed by atoms with E-state index in [9.17, 15) is 4.79 Å². The first-order valence-corrected chi connectivity index (χ1v) is 8.46. The summed E-state index contributed by atoms with van der Waals surface area (Å²) in [4.78, 5) is 13.2. The van der Waals surface area contributed by atoms with Crippen molar-refractivity contribution in [3.63, 3.8) is 0 Å². The van der Waals surface area contributed by atoms with Crippen LogP contribution in [0.15, 0.2) is 0 Å². The van der Waals surface area contributed by atoms with E-state index in [1.807, 2.05) is 32.7 Å². The Morgan fingerprint density at radius 3 is 2.10 bits per heavy atom. The molecule has 0 heterocycles. The molecule has 4 heteroatoms. The van der Waals surface area contributed by atoms with Crippen molar-refractivity contribution in [2.24, 2.45) is 11.8 Å². The molecule has 128 valence electrons. The lowest BCUT2D eigenvalue weighted by Gasteiger charge is -2.19. The Labute approximate surface area is 131 Å². The first-order valence-electron chi connectivity index (χ1n) is 8.46. The highest BCUT2D eigenvalue weighted by molar-refractivity contribution is 5.70. The number of hydrogen-bond donors (Lipinski definition) is 1. The first-order chi connectivity index (χ1) is 9.97. The van der Waals surface area contributed by atoms with E-state index in [1.165, 1.54) is 6.42 Å². The van der Waals surface area contributed by atoms with E-state index in [0.29, 0.717) is 19.6 Å². The molecule has 0 aliphatic rings. The van der Waals surface area contributed by atoms with E-state index in [-0.39, 0.29) is 5.92 Å². The minimum atomic E-state index is -0.694. The molecule has 0 rings (SSSR count). The van der Waals surface area contributed by atoms with Gasteiger partial charge in [-0.3, -0.25) is 4.79 Å². The van der Waals surface area contributed by atoms with E-state index in [2.05, 4.69) is 13.8 Å². The van der Waals surface area contributed by atoms with Gasteiger partial charge in [0.15, 0.2) is 0 Å². The molecule has 0 aliphatic carbocycles. The molecule has 1 N–H and O–H groups in total. The van der Waals surface area contributed by atoms with Crippen LogP contribution in [0.4, 0.5) is 0 Å². The van der Waals surface area contributed by atoms with E-state index >= 15 is 0 Å². The summed E-state index contributed by atoms with van der Waals surface area (Å²) in [6.45, 7) is 13.4. The molecule has 0 aliphatic heterocycles. The Kier molecular flexibility index (Phi) is 17.0. The Morgan fingerprint density at radius 1 is 1.14 bits per heavy atom. The Hall–Kier alpha value is -0.610. The van der Waals surface area contributed by atoms with E-state index in [0.717, 1.165) is 31.9 Å². The van der Waals surface area contributed by atoms with Crippen molar-refractivity contribution in [1.29, 1.82) is 0 Å². The molecule has 21 heavy (non-hydrogen) atoms. The van der Waals surface area contributed by atoms with Gasteiger partial charge in [-0.2, -0.15) is 0 Å². The van der Waals surface area contributed by atoms with Gasteiger partial charge < -0.3 is 14.7 Å². The second kappa shape index (κ2) is 15.8. The van der Waals surface area contributed by atoms with Crippen LogP contribution < -0.4 is 0 Å². The van der Waals surface area contributed by atoms with Gasteiger partial charge in [0.2, 0.25) is 0 Å². The monoisotopic (exact) mass is 303 g/mol. The summed E-state index contributed by atoms with van der Waals surface area (Å²) in [6.07, 6.45) is 3.82. The molecule has 4 nitrogen and oxygen atoms in total. The number of hydrogen-bond acceptors (Lipinski definition) is 3. The summed E-state index contributed by atoms with van der Waals surface area (Å²) < 4.78 is 5.54. The number of ether oxygens (including phenoxy) is 1. The zero-order chi connectivity index (χ0) is 16.7. The van der Waals surface area contributed by atoms with Crippen molar-refractivity contribution in [2.45, 2.75) is 60.3 Å². The highest BCUT2D eigenvalue weighted by atomic mass is 16.5. The minimum Gasteiger partial charge on any atom is -0.481 e. The van der Waals surface area contributed by atoms with Crippen LogP contribution in [0.1, 0.15) is 60.3 Å². The molecule has 0 amide bonds. The molecule has 1 unspecified atom stereocenters. The van der Waals surface area contributed by atoms with Crippen LogP contribution in [-0.2, 0) is 9.53 Å². The van der Waals surface area contributed by atoms with Gasteiger partial charge in [-0.05, 0) is 45.2 Å². The molecule has 0 bridgehead atoms. The summed E-state index contributed by atoms with van der Waals surface area (Å²) in [5.41, 5.74) is 0. The van der Waals surface area contributed by atoms with Gasteiger partial charge in [0, 0.05) is 19.8 Å². The van der Waals surface area contributed by atoms with Gasteiger partial charge in [0.1, 0.15) is 0 Å². The molecule has 0 aromatic rings. The second-order valence-electron chi connectivity index (χ2n) is 5.68. The van der Waals surface area contributed by atoms with Crippen LogP contribution in [-0.4, -0.2) is 49.3 Å². The van der Waals surface area contributed by atoms with Gasteiger partial charge in [-0.15, -0.1) is 0 Å². The molecule has 0 saturated carbocycles. The van der Waals surface area contributed by atoms with Crippen molar-refractivity contribution in [2.75, 3.05) is 33.4 Å². The molecular weight excluding hydrogens is 266 g/mol. The summed E-state index contributed by atoms with van der Waals surface area (Å²) in [5, 5.41) is 9.15. The summed E-state index contributed by atoms with van der Waals surface area (Å²) >= 11 is 0. The standard InChI is InChI=1S/C15H31NO3.C2H6/c1-5-16(4)12-14(15(17)18)9-7-11-19-10-6-8-13(2)3;1-2/h13-14H,5-12H2,1-4H3,(H,17,18);1-2H3. The van der Waals surface area contributed by atoms with Crippen molar-refractivity contribution < 1.29 is 14.6 Å². The normalized spacial score (nSPS) is 12.2. The number of carbonyl (C=O) groups is 1. The van der Waals surface area contributed by atoms with Gasteiger partial charge in [0.05, 0.1) is 5.92 Å².